The maximum Gasteiger partial charge on any atom is 0.163 e. The van der Waals surface area contributed by atoms with Crippen molar-refractivity contribution in [1.82, 2.24) is 14.6 Å². The fraction of sp³-hybridized carbons (Fsp3) is 0.294. The minimum atomic E-state index is 0.995. The number of aryl methyl sites for hydroxylation is 2. The number of benzene rings is 1. The number of aromatic nitrogens is 3. The molecule has 0 aliphatic heterocycles. The third-order valence-corrected chi connectivity index (χ3v) is 4.23. The fourth-order valence-electron chi connectivity index (χ4n) is 3.21. The zero-order valence-corrected chi connectivity index (χ0v) is 11.6. The van der Waals surface area contributed by atoms with E-state index >= 15 is 0 Å². The Labute approximate surface area is 118 Å². The zero-order valence-electron chi connectivity index (χ0n) is 11.6. The van der Waals surface area contributed by atoms with E-state index in [1.165, 1.54) is 35.4 Å². The number of hydrogen-bond donors (Lipinski definition) is 0. The van der Waals surface area contributed by atoms with Crippen molar-refractivity contribution in [3.63, 3.8) is 0 Å². The molecule has 100 valence electrons. The fourth-order valence-corrected chi connectivity index (χ4v) is 3.21. The average Bonchev–Trinajstić information content (AvgIpc) is 2.92. The van der Waals surface area contributed by atoms with Crippen molar-refractivity contribution >= 4 is 5.65 Å². The Morgan fingerprint density at radius 3 is 2.70 bits per heavy atom. The molecule has 20 heavy (non-hydrogen) atoms. The third-order valence-electron chi connectivity index (χ3n) is 4.23. The van der Waals surface area contributed by atoms with Crippen molar-refractivity contribution < 1.29 is 0 Å². The molecule has 0 amide bonds. The molecule has 4 rings (SSSR count). The molecule has 2 heterocycles. The summed E-state index contributed by atoms with van der Waals surface area (Å²) in [6, 6.07) is 10.4. The molecule has 0 atom stereocenters. The van der Waals surface area contributed by atoms with E-state index in [0.717, 1.165) is 24.1 Å². The molecule has 1 aliphatic carbocycles. The molecule has 0 radical (unpaired) electrons. The van der Waals surface area contributed by atoms with E-state index in [-0.39, 0.29) is 0 Å². The third kappa shape index (κ3) is 1.66. The molecule has 0 saturated carbocycles. The summed E-state index contributed by atoms with van der Waals surface area (Å²) in [5, 5.41) is 4.60. The molecule has 0 unspecified atom stereocenters. The van der Waals surface area contributed by atoms with Crippen LogP contribution in [0.5, 0.6) is 0 Å². The van der Waals surface area contributed by atoms with E-state index in [2.05, 4.69) is 40.8 Å². The molecular weight excluding hydrogens is 246 g/mol. The van der Waals surface area contributed by atoms with Crippen molar-refractivity contribution in [3.05, 3.63) is 53.5 Å². The first-order valence-electron chi connectivity index (χ1n) is 7.26. The number of rotatable bonds is 1. The van der Waals surface area contributed by atoms with Gasteiger partial charge in [-0.15, -0.1) is 0 Å². The second-order valence-corrected chi connectivity index (χ2v) is 5.49. The molecule has 3 nitrogen and oxygen atoms in total. The van der Waals surface area contributed by atoms with Gasteiger partial charge in [0.15, 0.2) is 5.65 Å². The topological polar surface area (TPSA) is 30.2 Å². The zero-order chi connectivity index (χ0) is 13.5. The molecule has 1 aliphatic rings. The van der Waals surface area contributed by atoms with Gasteiger partial charge >= 0.3 is 0 Å². The maximum absolute atomic E-state index is 4.83. The van der Waals surface area contributed by atoms with Crippen molar-refractivity contribution in [2.45, 2.75) is 32.6 Å². The van der Waals surface area contributed by atoms with Crippen LogP contribution in [0.15, 0.2) is 36.5 Å². The van der Waals surface area contributed by atoms with Gasteiger partial charge in [-0.25, -0.2) is 9.50 Å². The Morgan fingerprint density at radius 2 is 1.85 bits per heavy atom. The summed E-state index contributed by atoms with van der Waals surface area (Å²) >= 11 is 0. The highest BCUT2D eigenvalue weighted by Gasteiger charge is 2.19. The lowest BCUT2D eigenvalue weighted by Gasteiger charge is -2.18. The SMILES string of the molecule is Cc1nc2c(-c3ccccc3)cnn2c2c1CCCC2. The lowest BCUT2D eigenvalue weighted by molar-refractivity contribution is 0.635. The van der Waals surface area contributed by atoms with E-state index in [1.54, 1.807) is 0 Å². The summed E-state index contributed by atoms with van der Waals surface area (Å²) in [7, 11) is 0. The van der Waals surface area contributed by atoms with Gasteiger partial charge < -0.3 is 0 Å². The van der Waals surface area contributed by atoms with Crippen molar-refractivity contribution in [2.75, 3.05) is 0 Å². The number of nitrogens with zero attached hydrogens (tertiary/aromatic N) is 3. The van der Waals surface area contributed by atoms with Crippen LogP contribution in [0.1, 0.15) is 29.8 Å². The van der Waals surface area contributed by atoms with E-state index in [4.69, 9.17) is 4.98 Å². The van der Waals surface area contributed by atoms with Crippen molar-refractivity contribution in [3.8, 4) is 11.1 Å². The van der Waals surface area contributed by atoms with Gasteiger partial charge in [-0.05, 0) is 43.7 Å². The highest BCUT2D eigenvalue weighted by molar-refractivity contribution is 5.77. The first kappa shape index (κ1) is 11.6. The van der Waals surface area contributed by atoms with Crippen molar-refractivity contribution in [2.24, 2.45) is 0 Å². The van der Waals surface area contributed by atoms with Crippen LogP contribution in [0, 0.1) is 6.92 Å². The highest BCUT2D eigenvalue weighted by atomic mass is 15.3. The standard InChI is InChI=1S/C17H17N3/c1-12-14-9-5-6-10-16(14)20-17(19-12)15(11-18-20)13-7-3-2-4-8-13/h2-4,7-8,11H,5-6,9-10H2,1H3. The van der Waals surface area contributed by atoms with Crippen LogP contribution in [0.25, 0.3) is 16.8 Å². The van der Waals surface area contributed by atoms with Crippen LogP contribution in [0.4, 0.5) is 0 Å². The van der Waals surface area contributed by atoms with Crippen LogP contribution in [-0.4, -0.2) is 14.6 Å². The predicted molar refractivity (Wildman–Crippen MR) is 79.8 cm³/mol. The summed E-state index contributed by atoms with van der Waals surface area (Å²) in [6.07, 6.45) is 6.74. The maximum atomic E-state index is 4.83. The Hall–Kier alpha value is -2.16. The molecule has 1 aromatic carbocycles. The normalized spacial score (nSPS) is 14.4. The molecule has 2 aromatic heterocycles. The van der Waals surface area contributed by atoms with E-state index in [0.29, 0.717) is 0 Å². The number of fused-ring (bicyclic) bond motifs is 3. The lowest BCUT2D eigenvalue weighted by Crippen LogP contribution is -2.13. The molecule has 0 spiro atoms. The van der Waals surface area contributed by atoms with E-state index in [9.17, 15) is 0 Å². The van der Waals surface area contributed by atoms with Gasteiger partial charge in [-0.2, -0.15) is 5.10 Å². The lowest BCUT2D eigenvalue weighted by atomic mass is 9.95. The quantitative estimate of drug-likeness (QED) is 0.671. The van der Waals surface area contributed by atoms with Crippen LogP contribution < -0.4 is 0 Å². The Bertz CT molecular complexity index is 772. The largest absolute Gasteiger partial charge is 0.233 e. The molecule has 0 N–H and O–H groups in total. The van der Waals surface area contributed by atoms with Gasteiger partial charge in [0.25, 0.3) is 0 Å². The second kappa shape index (κ2) is 4.44. The smallest absolute Gasteiger partial charge is 0.163 e. The summed E-state index contributed by atoms with van der Waals surface area (Å²) in [6.45, 7) is 2.13. The Balaban J connectivity index is 2.00. The minimum Gasteiger partial charge on any atom is -0.233 e. The van der Waals surface area contributed by atoms with Crippen LogP contribution >= 0.6 is 0 Å². The molecule has 3 heteroatoms. The minimum absolute atomic E-state index is 0.995. The number of hydrogen-bond acceptors (Lipinski definition) is 2. The molecular formula is C17H17N3. The monoisotopic (exact) mass is 263 g/mol. The summed E-state index contributed by atoms with van der Waals surface area (Å²) in [5.41, 5.74) is 7.25. The predicted octanol–water partition coefficient (Wildman–Crippen LogP) is 3.58. The van der Waals surface area contributed by atoms with E-state index in [1.807, 2.05) is 12.3 Å². The van der Waals surface area contributed by atoms with E-state index < -0.39 is 0 Å². The Morgan fingerprint density at radius 1 is 1.05 bits per heavy atom. The van der Waals surface area contributed by atoms with Crippen molar-refractivity contribution in [1.29, 1.82) is 0 Å². The van der Waals surface area contributed by atoms with Gasteiger partial charge in [-0.3, -0.25) is 0 Å². The molecule has 3 aromatic rings. The molecule has 0 saturated heterocycles. The summed E-state index contributed by atoms with van der Waals surface area (Å²) in [4.78, 5) is 4.83. The van der Waals surface area contributed by atoms with Crippen LogP contribution in [-0.2, 0) is 12.8 Å². The first-order chi connectivity index (χ1) is 9.84. The van der Waals surface area contributed by atoms with Gasteiger partial charge in [0.05, 0.1) is 6.20 Å². The van der Waals surface area contributed by atoms with Gasteiger partial charge in [0.1, 0.15) is 0 Å². The average molecular weight is 263 g/mol. The second-order valence-electron chi connectivity index (χ2n) is 5.49. The van der Waals surface area contributed by atoms with Gasteiger partial charge in [0, 0.05) is 17.0 Å². The highest BCUT2D eigenvalue weighted by Crippen LogP contribution is 2.29. The van der Waals surface area contributed by atoms with Crippen LogP contribution in [0.2, 0.25) is 0 Å². The van der Waals surface area contributed by atoms with Gasteiger partial charge in [0.2, 0.25) is 0 Å². The Kier molecular flexibility index (Phi) is 2.59. The summed E-state index contributed by atoms with van der Waals surface area (Å²) in [5.74, 6) is 0. The van der Waals surface area contributed by atoms with Crippen LogP contribution in [0.3, 0.4) is 0 Å². The molecule has 0 bridgehead atoms. The first-order valence-corrected chi connectivity index (χ1v) is 7.26. The molecule has 0 fully saturated rings. The summed E-state index contributed by atoms with van der Waals surface area (Å²) < 4.78 is 2.06. The van der Waals surface area contributed by atoms with Gasteiger partial charge in [-0.1, -0.05) is 30.3 Å².